The van der Waals surface area contributed by atoms with Crippen LogP contribution in [0.4, 0.5) is 10.5 Å². The number of halogens is 1. The van der Waals surface area contributed by atoms with Crippen molar-refractivity contribution in [2.24, 2.45) is 0 Å². The van der Waals surface area contributed by atoms with E-state index in [4.69, 9.17) is 21.1 Å². The summed E-state index contributed by atoms with van der Waals surface area (Å²) in [6, 6.07) is 8.50. The van der Waals surface area contributed by atoms with Gasteiger partial charge in [0.25, 0.3) is 0 Å². The van der Waals surface area contributed by atoms with Gasteiger partial charge in [-0.15, -0.1) is 10.2 Å². The monoisotopic (exact) mass is 407 g/mol. The number of amides is 1. The molecule has 0 aliphatic rings. The molecule has 2 rings (SSSR count). The van der Waals surface area contributed by atoms with Crippen molar-refractivity contribution < 1.29 is 23.8 Å². The fourth-order valence-electron chi connectivity index (χ4n) is 2.24. The lowest BCUT2D eigenvalue weighted by molar-refractivity contribution is 0.0568. The Labute approximate surface area is 168 Å². The molecule has 9 heteroatoms. The number of ether oxygens (including phenoxy) is 3. The highest BCUT2D eigenvalue weighted by Crippen LogP contribution is 2.28. The third-order valence-electron chi connectivity index (χ3n) is 3.53. The van der Waals surface area contributed by atoms with E-state index in [1.54, 1.807) is 52.1 Å². The molecule has 0 aliphatic carbocycles. The molecule has 0 saturated heterocycles. The van der Waals surface area contributed by atoms with E-state index in [-0.39, 0.29) is 23.1 Å². The SMILES string of the molecule is COC(=O)c1cc(N(Cc2ccc(OC)cc2)C(=O)OC(C)(C)C)c(Cl)nn1. The van der Waals surface area contributed by atoms with E-state index in [1.165, 1.54) is 18.1 Å². The highest BCUT2D eigenvalue weighted by Gasteiger charge is 2.27. The molecular weight excluding hydrogens is 386 g/mol. The third kappa shape index (κ3) is 5.56. The Morgan fingerprint density at radius 1 is 1.11 bits per heavy atom. The minimum Gasteiger partial charge on any atom is -0.497 e. The standard InChI is InChI=1S/C19H22ClN3O5/c1-19(2,3)28-18(25)23(11-12-6-8-13(26-4)9-7-12)15-10-14(17(24)27-5)21-22-16(15)20/h6-10H,11H2,1-5H3. The van der Waals surface area contributed by atoms with E-state index < -0.39 is 17.7 Å². The highest BCUT2D eigenvalue weighted by atomic mass is 35.5. The summed E-state index contributed by atoms with van der Waals surface area (Å²) in [6.07, 6.45) is -0.644. The number of nitrogens with zero attached hydrogens (tertiary/aromatic N) is 3. The first-order valence-corrected chi connectivity index (χ1v) is 8.77. The lowest BCUT2D eigenvalue weighted by atomic mass is 10.2. The Morgan fingerprint density at radius 2 is 1.75 bits per heavy atom. The van der Waals surface area contributed by atoms with Crippen LogP contribution in [0.5, 0.6) is 5.75 Å². The summed E-state index contributed by atoms with van der Waals surface area (Å²) in [4.78, 5) is 25.9. The van der Waals surface area contributed by atoms with Crippen molar-refractivity contribution >= 4 is 29.4 Å². The zero-order valence-electron chi connectivity index (χ0n) is 16.4. The molecule has 0 spiro atoms. The van der Waals surface area contributed by atoms with Crippen LogP contribution in [0, 0.1) is 0 Å². The number of aromatic nitrogens is 2. The highest BCUT2D eigenvalue weighted by molar-refractivity contribution is 6.32. The topological polar surface area (TPSA) is 90.8 Å². The lowest BCUT2D eigenvalue weighted by Gasteiger charge is -2.28. The first-order valence-electron chi connectivity index (χ1n) is 8.39. The molecule has 1 heterocycles. The van der Waals surface area contributed by atoms with Crippen LogP contribution in [-0.4, -0.2) is 42.1 Å². The minimum atomic E-state index is -0.729. The van der Waals surface area contributed by atoms with E-state index in [0.717, 1.165) is 5.56 Å². The summed E-state index contributed by atoms with van der Waals surface area (Å²) in [5, 5.41) is 7.42. The van der Waals surface area contributed by atoms with Crippen LogP contribution in [0.3, 0.4) is 0 Å². The third-order valence-corrected chi connectivity index (χ3v) is 3.80. The molecule has 0 radical (unpaired) electrons. The Kier molecular flexibility index (Phi) is 6.80. The number of rotatable bonds is 5. The number of benzene rings is 1. The largest absolute Gasteiger partial charge is 0.497 e. The maximum atomic E-state index is 12.8. The zero-order chi connectivity index (χ0) is 20.9. The number of hydrogen-bond donors (Lipinski definition) is 0. The molecule has 0 atom stereocenters. The molecule has 2 aromatic rings. The van der Waals surface area contributed by atoms with Gasteiger partial charge in [-0.05, 0) is 38.5 Å². The number of anilines is 1. The van der Waals surface area contributed by atoms with E-state index >= 15 is 0 Å². The summed E-state index contributed by atoms with van der Waals surface area (Å²) in [6.45, 7) is 5.39. The lowest BCUT2D eigenvalue weighted by Crippen LogP contribution is -2.37. The van der Waals surface area contributed by atoms with Crippen LogP contribution in [0.25, 0.3) is 0 Å². The predicted molar refractivity (Wildman–Crippen MR) is 104 cm³/mol. The molecule has 28 heavy (non-hydrogen) atoms. The molecule has 150 valence electrons. The number of methoxy groups -OCH3 is 2. The summed E-state index contributed by atoms with van der Waals surface area (Å²) >= 11 is 6.17. The van der Waals surface area contributed by atoms with Gasteiger partial charge in [0.2, 0.25) is 0 Å². The van der Waals surface area contributed by atoms with Gasteiger partial charge in [-0.3, -0.25) is 4.90 Å². The Balaban J connectivity index is 2.45. The molecule has 1 amide bonds. The van der Waals surface area contributed by atoms with Crippen LogP contribution in [-0.2, 0) is 16.0 Å². The van der Waals surface area contributed by atoms with Gasteiger partial charge in [0, 0.05) is 6.07 Å². The van der Waals surface area contributed by atoms with Gasteiger partial charge < -0.3 is 14.2 Å². The van der Waals surface area contributed by atoms with Gasteiger partial charge in [-0.25, -0.2) is 9.59 Å². The molecule has 1 aromatic heterocycles. The zero-order valence-corrected chi connectivity index (χ0v) is 17.1. The van der Waals surface area contributed by atoms with Gasteiger partial charge in [-0.2, -0.15) is 0 Å². The average molecular weight is 408 g/mol. The van der Waals surface area contributed by atoms with Crippen molar-refractivity contribution in [3.8, 4) is 5.75 Å². The van der Waals surface area contributed by atoms with Crippen molar-refractivity contribution in [1.29, 1.82) is 0 Å². The molecule has 0 aliphatic heterocycles. The van der Waals surface area contributed by atoms with Gasteiger partial charge in [0.15, 0.2) is 10.8 Å². The molecule has 0 N–H and O–H groups in total. The van der Waals surface area contributed by atoms with Crippen molar-refractivity contribution in [2.45, 2.75) is 32.9 Å². The van der Waals surface area contributed by atoms with E-state index in [0.29, 0.717) is 5.75 Å². The van der Waals surface area contributed by atoms with Crippen LogP contribution in [0.2, 0.25) is 5.15 Å². The number of hydrogen-bond acceptors (Lipinski definition) is 7. The summed E-state index contributed by atoms with van der Waals surface area (Å²) in [7, 11) is 2.79. The smallest absolute Gasteiger partial charge is 0.415 e. The van der Waals surface area contributed by atoms with Crippen molar-refractivity contribution in [1.82, 2.24) is 10.2 Å². The second-order valence-corrected chi connectivity index (χ2v) is 7.17. The molecule has 0 bridgehead atoms. The molecule has 0 fully saturated rings. The second kappa shape index (κ2) is 8.88. The van der Waals surface area contributed by atoms with Crippen molar-refractivity contribution in [3.05, 3.63) is 46.7 Å². The van der Waals surface area contributed by atoms with Crippen LogP contribution in [0.1, 0.15) is 36.8 Å². The van der Waals surface area contributed by atoms with Gasteiger partial charge >= 0.3 is 12.1 Å². The Bertz CT molecular complexity index is 850. The molecule has 8 nitrogen and oxygen atoms in total. The van der Waals surface area contributed by atoms with E-state index in [1.807, 2.05) is 0 Å². The fourth-order valence-corrected chi connectivity index (χ4v) is 2.43. The average Bonchev–Trinajstić information content (AvgIpc) is 2.65. The summed E-state index contributed by atoms with van der Waals surface area (Å²) < 4.78 is 15.3. The minimum absolute atomic E-state index is 0.0491. The fraction of sp³-hybridized carbons (Fsp3) is 0.368. The van der Waals surface area contributed by atoms with Crippen LogP contribution in [0.15, 0.2) is 30.3 Å². The molecular formula is C19H22ClN3O5. The molecule has 1 aromatic carbocycles. The van der Waals surface area contributed by atoms with Gasteiger partial charge in [0.05, 0.1) is 26.5 Å². The van der Waals surface area contributed by atoms with E-state index in [2.05, 4.69) is 14.9 Å². The maximum absolute atomic E-state index is 12.8. The molecule has 0 unspecified atom stereocenters. The Hall–Kier alpha value is -2.87. The number of carbonyl (C=O) groups is 2. The summed E-state index contributed by atoms with van der Waals surface area (Å²) in [5.74, 6) is -0.0110. The first kappa shape index (κ1) is 21.4. The number of esters is 1. The first-order chi connectivity index (χ1) is 13.1. The van der Waals surface area contributed by atoms with Gasteiger partial charge in [0.1, 0.15) is 11.4 Å². The Morgan fingerprint density at radius 3 is 2.29 bits per heavy atom. The molecule has 0 saturated carbocycles. The van der Waals surface area contributed by atoms with Crippen molar-refractivity contribution in [2.75, 3.05) is 19.1 Å². The maximum Gasteiger partial charge on any atom is 0.415 e. The number of carbonyl (C=O) groups excluding carboxylic acids is 2. The van der Waals surface area contributed by atoms with E-state index in [9.17, 15) is 9.59 Å². The van der Waals surface area contributed by atoms with Crippen LogP contribution < -0.4 is 9.64 Å². The summed E-state index contributed by atoms with van der Waals surface area (Å²) in [5.41, 5.74) is 0.166. The van der Waals surface area contributed by atoms with Gasteiger partial charge in [-0.1, -0.05) is 23.7 Å². The van der Waals surface area contributed by atoms with Crippen molar-refractivity contribution in [3.63, 3.8) is 0 Å². The predicted octanol–water partition coefficient (Wildman–Crippen LogP) is 3.87. The normalized spacial score (nSPS) is 10.9. The van der Waals surface area contributed by atoms with Crippen LogP contribution >= 0.6 is 11.6 Å². The quantitative estimate of drug-likeness (QED) is 0.695. The second-order valence-electron chi connectivity index (χ2n) is 6.81.